The van der Waals surface area contributed by atoms with Crippen molar-refractivity contribution in [3.63, 3.8) is 0 Å². The van der Waals surface area contributed by atoms with Gasteiger partial charge in [0.1, 0.15) is 48.5 Å². The number of aromatic nitrogens is 8. The van der Waals surface area contributed by atoms with E-state index in [0.29, 0.717) is 0 Å². The zero-order valence-corrected chi connectivity index (χ0v) is 25.1. The molecule has 3 saturated heterocycles. The van der Waals surface area contributed by atoms with Crippen molar-refractivity contribution in [2.24, 2.45) is 0 Å². The molecular weight excluding hydrogens is 662 g/mol. The Balaban J connectivity index is 1.17. The van der Waals surface area contributed by atoms with Crippen molar-refractivity contribution in [2.75, 3.05) is 31.3 Å². The monoisotopic (exact) mass is 688 g/mol. The first kappa shape index (κ1) is 31.2. The molecule has 10 atom stereocenters. The van der Waals surface area contributed by atoms with Crippen LogP contribution in [-0.2, 0) is 36.7 Å². The summed E-state index contributed by atoms with van der Waals surface area (Å²) in [5, 5.41) is 25.0. The molecule has 0 aromatic carbocycles. The topological polar surface area (TPSA) is 316 Å². The highest BCUT2D eigenvalue weighted by molar-refractivity contribution is 7.47. The van der Waals surface area contributed by atoms with Crippen LogP contribution in [0.25, 0.3) is 22.3 Å². The third-order valence-corrected chi connectivity index (χ3v) is 9.51. The van der Waals surface area contributed by atoms with E-state index in [1.807, 2.05) is 0 Å². The third kappa shape index (κ3) is 5.39. The van der Waals surface area contributed by atoms with Gasteiger partial charge >= 0.3 is 15.6 Å². The van der Waals surface area contributed by atoms with Gasteiger partial charge in [-0.1, -0.05) is 0 Å². The van der Waals surface area contributed by atoms with Crippen LogP contribution in [0.3, 0.4) is 0 Å². The van der Waals surface area contributed by atoms with E-state index in [2.05, 4.69) is 35.2 Å². The van der Waals surface area contributed by atoms with Crippen LogP contribution < -0.4 is 16.6 Å². The van der Waals surface area contributed by atoms with Gasteiger partial charge in [-0.25, -0.2) is 29.1 Å². The van der Waals surface area contributed by atoms with Gasteiger partial charge in [0.25, 0.3) is 5.56 Å². The van der Waals surface area contributed by atoms with Crippen molar-refractivity contribution >= 4 is 49.7 Å². The molecule has 8 N–H and O–H groups in total. The average molecular weight is 688 g/mol. The molecule has 7 rings (SSSR count). The zero-order valence-electron chi connectivity index (χ0n) is 23.3. The molecule has 0 radical (unpaired) electrons. The molecule has 3 aliphatic rings. The lowest BCUT2D eigenvalue weighted by Crippen LogP contribution is -2.39. The van der Waals surface area contributed by atoms with E-state index in [-0.39, 0.29) is 34.1 Å². The summed E-state index contributed by atoms with van der Waals surface area (Å²) >= 11 is 0. The highest BCUT2D eigenvalue weighted by Crippen LogP contribution is 2.53. The van der Waals surface area contributed by atoms with Crippen molar-refractivity contribution in [1.82, 2.24) is 39.0 Å². The molecule has 46 heavy (non-hydrogen) atoms. The van der Waals surface area contributed by atoms with Gasteiger partial charge in [-0.15, -0.1) is 0 Å². The van der Waals surface area contributed by atoms with Crippen LogP contribution >= 0.6 is 15.6 Å². The first-order chi connectivity index (χ1) is 21.9. The normalized spacial score (nSPS) is 37.1. The zero-order chi connectivity index (χ0) is 32.5. The third-order valence-electron chi connectivity index (χ3n) is 7.54. The minimum absolute atomic E-state index is 0.0247. The van der Waals surface area contributed by atoms with Crippen LogP contribution in [0.1, 0.15) is 12.5 Å². The van der Waals surface area contributed by atoms with Crippen molar-refractivity contribution in [3.8, 4) is 0 Å². The number of nitrogens with two attached hydrogens (primary N) is 1. The Hall–Kier alpha value is -3.44. The number of phosphoric ester groups is 2. The summed E-state index contributed by atoms with van der Waals surface area (Å²) in [6, 6.07) is 0. The molecule has 0 bridgehead atoms. The smallest absolute Gasteiger partial charge is 0.386 e. The molecule has 0 amide bonds. The second-order valence-electron chi connectivity index (χ2n) is 10.4. The fraction of sp³-hybridized carbons (Fsp3) is 0.524. The van der Waals surface area contributed by atoms with Gasteiger partial charge in [0.2, 0.25) is 5.95 Å². The van der Waals surface area contributed by atoms with Gasteiger partial charge in [0.05, 0.1) is 25.9 Å². The Labute approximate surface area is 255 Å². The van der Waals surface area contributed by atoms with E-state index < -0.39 is 83.5 Å². The second-order valence-corrected chi connectivity index (χ2v) is 13.2. The Kier molecular flexibility index (Phi) is 7.70. The van der Waals surface area contributed by atoms with E-state index in [1.165, 1.54) is 22.5 Å². The van der Waals surface area contributed by atoms with E-state index in [9.17, 15) is 33.9 Å². The largest absolute Gasteiger partial charge is 0.472 e. The van der Waals surface area contributed by atoms with Crippen LogP contribution in [0, 0.1) is 0 Å². The van der Waals surface area contributed by atoms with E-state index >= 15 is 0 Å². The minimum atomic E-state index is -5.05. The second kappa shape index (κ2) is 11.4. The number of nitrogens with one attached hydrogen (secondary N) is 2. The number of aliphatic hydroxyl groups is 2. The summed E-state index contributed by atoms with van der Waals surface area (Å²) in [6.45, 7) is -1.63. The molecule has 0 aliphatic carbocycles. The van der Waals surface area contributed by atoms with E-state index in [1.54, 1.807) is 0 Å². The van der Waals surface area contributed by atoms with Gasteiger partial charge in [-0.05, 0) is 0 Å². The minimum Gasteiger partial charge on any atom is -0.386 e. The maximum absolute atomic E-state index is 13.1. The number of nitrogen functional groups attached to an aromatic ring is 1. The molecule has 7 heterocycles. The van der Waals surface area contributed by atoms with Gasteiger partial charge in [-0.3, -0.25) is 37.0 Å². The van der Waals surface area contributed by atoms with Crippen LogP contribution in [0.5, 0.6) is 0 Å². The fourth-order valence-corrected chi connectivity index (χ4v) is 7.35. The standard InChI is InChI=1S/C21H26N10O13P2/c1-23-21-28-17-10(18(34)29-21)27-6-31(17)20-12(33)14-8(42-20)3-40-45(35,36)43-13-7(2-39-46(37,38)44-14)41-19(11(13)32)30-5-26-9-15(22)24-4-25-16(9)30/h4-8,11-14,19-20,32-33H,2-3H2,1H3,(H,35,36)(H,37,38)(H2,22,24,25)(H2,23,28,29,34)/t7-,8?,11-,12-,13-,14-,19-,20-/m1/s1. The lowest BCUT2D eigenvalue weighted by atomic mass is 10.1. The number of phosphoric acid groups is 2. The first-order valence-corrected chi connectivity index (χ1v) is 16.4. The van der Waals surface area contributed by atoms with Crippen molar-refractivity contribution in [2.45, 2.75) is 49.1 Å². The lowest BCUT2D eigenvalue weighted by molar-refractivity contribution is -0.0664. The maximum Gasteiger partial charge on any atom is 0.472 e. The average Bonchev–Trinajstić information content (AvgIpc) is 3.76. The molecular formula is C21H26N10O13P2. The Morgan fingerprint density at radius 2 is 1.43 bits per heavy atom. The summed E-state index contributed by atoms with van der Waals surface area (Å²) in [4.78, 5) is 56.4. The summed E-state index contributed by atoms with van der Waals surface area (Å²) in [5.74, 6) is 0.111. The number of anilines is 2. The van der Waals surface area contributed by atoms with Gasteiger partial charge < -0.3 is 40.5 Å². The van der Waals surface area contributed by atoms with Crippen LogP contribution in [0.4, 0.5) is 11.8 Å². The summed E-state index contributed by atoms with van der Waals surface area (Å²) in [7, 11) is -8.59. The Morgan fingerprint density at radius 1 is 0.891 bits per heavy atom. The Bertz CT molecular complexity index is 1950. The van der Waals surface area contributed by atoms with Crippen LogP contribution in [-0.4, -0.2) is 116 Å². The predicted molar refractivity (Wildman–Crippen MR) is 149 cm³/mol. The van der Waals surface area contributed by atoms with Gasteiger partial charge in [0.15, 0.2) is 35.1 Å². The predicted octanol–water partition coefficient (Wildman–Crippen LogP) is -1.88. The lowest BCUT2D eigenvalue weighted by Gasteiger charge is -2.27. The number of ether oxygens (including phenoxy) is 2. The number of aliphatic hydroxyl groups excluding tert-OH is 2. The number of H-pyrrole nitrogens is 1. The highest BCUT2D eigenvalue weighted by Gasteiger charge is 2.54. The molecule has 3 aliphatic heterocycles. The number of rotatable bonds is 3. The number of hydrogen-bond donors (Lipinski definition) is 7. The number of nitrogens with zero attached hydrogens (tertiary/aromatic N) is 7. The highest BCUT2D eigenvalue weighted by atomic mass is 31.2. The first-order valence-electron chi connectivity index (χ1n) is 13.4. The number of fused-ring (bicyclic) bond motifs is 4. The van der Waals surface area contributed by atoms with Crippen molar-refractivity contribution in [1.29, 1.82) is 0 Å². The van der Waals surface area contributed by atoms with Crippen molar-refractivity contribution < 1.29 is 56.7 Å². The van der Waals surface area contributed by atoms with Crippen molar-refractivity contribution in [3.05, 3.63) is 29.3 Å². The van der Waals surface area contributed by atoms with Gasteiger partial charge in [-0.2, -0.15) is 4.98 Å². The molecule has 3 fully saturated rings. The van der Waals surface area contributed by atoms with Crippen LogP contribution in [0.15, 0.2) is 23.8 Å². The maximum atomic E-state index is 13.1. The Morgan fingerprint density at radius 3 is 2.00 bits per heavy atom. The molecule has 0 saturated carbocycles. The van der Waals surface area contributed by atoms with Crippen LogP contribution in [0.2, 0.25) is 0 Å². The fourth-order valence-electron chi connectivity index (χ4n) is 5.42. The number of aromatic amines is 1. The molecule has 0 spiro atoms. The summed E-state index contributed by atoms with van der Waals surface area (Å²) in [5.41, 5.74) is 5.43. The van der Waals surface area contributed by atoms with E-state index in [4.69, 9.17) is 33.3 Å². The molecule has 3 unspecified atom stereocenters. The summed E-state index contributed by atoms with van der Waals surface area (Å²) in [6.07, 6.45) is -8.96. The molecule has 23 nitrogen and oxygen atoms in total. The quantitative estimate of drug-likeness (QED) is 0.116. The number of imidazole rings is 2. The number of hydrogen-bond acceptors (Lipinski definition) is 18. The molecule has 248 valence electrons. The molecule has 4 aromatic heterocycles. The molecule has 4 aromatic rings. The molecule has 25 heteroatoms. The summed E-state index contributed by atoms with van der Waals surface area (Å²) < 4.78 is 61.2. The SMILES string of the molecule is CNc1nc2c(ncn2[C@@H]2OC3COP(=O)(O)O[C@H]4[C@@H](O)[C@H](n5cnc6c(N)ncnc65)O[C@@H]4COP(=O)(O)O[C@H]3[C@H]2O)c(=O)[nH]1. The van der Waals surface area contributed by atoms with Gasteiger partial charge in [0, 0.05) is 7.05 Å². The van der Waals surface area contributed by atoms with E-state index in [0.717, 1.165) is 12.7 Å².